The molecule has 1 aromatic heterocycles. The Morgan fingerprint density at radius 2 is 1.79 bits per heavy atom. The van der Waals surface area contributed by atoms with E-state index in [1.165, 1.54) is 10.2 Å². The van der Waals surface area contributed by atoms with Gasteiger partial charge in [-0.1, -0.05) is 23.4 Å². The number of amides is 2. The topological polar surface area (TPSA) is 98.6 Å². The number of nitrogens with zero attached hydrogens (tertiary/aromatic N) is 4. The van der Waals surface area contributed by atoms with Crippen LogP contribution in [0.15, 0.2) is 54.7 Å². The molecule has 0 spiro atoms. The molecule has 0 fully saturated rings. The number of carbonyl (C=O) groups is 2. The second-order valence-electron chi connectivity index (χ2n) is 7.53. The summed E-state index contributed by atoms with van der Waals surface area (Å²) in [5, 5.41) is 10.7. The highest BCUT2D eigenvalue weighted by atomic mass is 16.7. The molecule has 9 heteroatoms. The molecule has 1 aliphatic heterocycles. The van der Waals surface area contributed by atoms with Gasteiger partial charge in [0.15, 0.2) is 12.0 Å². The van der Waals surface area contributed by atoms with Crippen molar-refractivity contribution in [3.05, 3.63) is 71.5 Å². The summed E-state index contributed by atoms with van der Waals surface area (Å²) < 4.78 is 12.5. The number of para-hydroxylation sites is 1. The average molecular weight is 450 g/mol. The minimum absolute atomic E-state index is 0.0566. The molecule has 0 aliphatic carbocycles. The third-order valence-electron chi connectivity index (χ3n) is 5.33. The second-order valence-corrected chi connectivity index (χ2v) is 7.53. The van der Waals surface area contributed by atoms with Crippen molar-refractivity contribution in [3.8, 4) is 0 Å². The summed E-state index contributed by atoms with van der Waals surface area (Å²) in [7, 11) is 0. The van der Waals surface area contributed by atoms with E-state index < -0.39 is 12.2 Å². The lowest BCUT2D eigenvalue weighted by atomic mass is 10.1. The smallest absolute Gasteiger partial charge is 0.277 e. The zero-order valence-electron chi connectivity index (χ0n) is 18.7. The highest BCUT2D eigenvalue weighted by molar-refractivity contribution is 6.08. The molecule has 0 saturated carbocycles. The first-order valence-corrected chi connectivity index (χ1v) is 11.0. The summed E-state index contributed by atoms with van der Waals surface area (Å²) in [5.74, 6) is -0.447. The summed E-state index contributed by atoms with van der Waals surface area (Å²) in [4.78, 5) is 27.3. The molecule has 0 saturated heterocycles. The van der Waals surface area contributed by atoms with Gasteiger partial charge in [0.2, 0.25) is 0 Å². The van der Waals surface area contributed by atoms with Gasteiger partial charge in [0, 0.05) is 36.7 Å². The van der Waals surface area contributed by atoms with E-state index in [1.807, 2.05) is 38.1 Å². The Hall–Kier alpha value is -3.56. The summed E-state index contributed by atoms with van der Waals surface area (Å²) in [5.41, 5.74) is 3.44. The maximum atomic E-state index is 12.9. The van der Waals surface area contributed by atoms with Gasteiger partial charge in [0.05, 0.1) is 12.7 Å². The summed E-state index contributed by atoms with van der Waals surface area (Å²) in [6.07, 6.45) is 1.95. The second kappa shape index (κ2) is 10.4. The van der Waals surface area contributed by atoms with Crippen LogP contribution in [0.4, 0.5) is 11.4 Å². The third kappa shape index (κ3) is 5.27. The van der Waals surface area contributed by atoms with Crippen LogP contribution in [0.2, 0.25) is 0 Å². The summed E-state index contributed by atoms with van der Waals surface area (Å²) >= 11 is 0. The van der Waals surface area contributed by atoms with Gasteiger partial charge in [-0.3, -0.25) is 9.59 Å². The van der Waals surface area contributed by atoms with Gasteiger partial charge >= 0.3 is 0 Å². The van der Waals surface area contributed by atoms with Crippen LogP contribution >= 0.6 is 0 Å². The normalized spacial score (nSPS) is 12.8. The first-order valence-electron chi connectivity index (χ1n) is 11.0. The van der Waals surface area contributed by atoms with Crippen molar-refractivity contribution in [2.75, 3.05) is 30.0 Å². The van der Waals surface area contributed by atoms with E-state index in [0.29, 0.717) is 37.6 Å². The van der Waals surface area contributed by atoms with Crippen molar-refractivity contribution in [2.45, 2.75) is 33.1 Å². The highest BCUT2D eigenvalue weighted by Gasteiger charge is 2.25. The first-order chi connectivity index (χ1) is 16.1. The molecule has 2 aromatic carbocycles. The number of anilines is 2. The lowest BCUT2D eigenvalue weighted by molar-refractivity contribution is -0.145. The summed E-state index contributed by atoms with van der Waals surface area (Å²) in [6.45, 7) is 5.79. The Morgan fingerprint density at radius 3 is 2.52 bits per heavy atom. The van der Waals surface area contributed by atoms with E-state index >= 15 is 0 Å². The molecule has 33 heavy (non-hydrogen) atoms. The van der Waals surface area contributed by atoms with Crippen LogP contribution in [-0.2, 0) is 22.4 Å². The number of rotatable bonds is 9. The number of fused-ring (bicyclic) bond motifs is 1. The number of hydrogen-bond acceptors (Lipinski definition) is 6. The van der Waals surface area contributed by atoms with Gasteiger partial charge < -0.3 is 19.7 Å². The zero-order valence-corrected chi connectivity index (χ0v) is 18.7. The molecule has 0 radical (unpaired) electrons. The van der Waals surface area contributed by atoms with Crippen molar-refractivity contribution in [2.24, 2.45) is 0 Å². The lowest BCUT2D eigenvalue weighted by Gasteiger charge is -2.17. The molecule has 9 nitrogen and oxygen atoms in total. The molecule has 0 bridgehead atoms. The molecule has 0 unspecified atom stereocenters. The highest BCUT2D eigenvalue weighted by Crippen LogP contribution is 2.29. The maximum Gasteiger partial charge on any atom is 0.277 e. The van der Waals surface area contributed by atoms with Crippen LogP contribution < -0.4 is 10.2 Å². The molecule has 172 valence electrons. The van der Waals surface area contributed by atoms with Gasteiger partial charge in [0.1, 0.15) is 0 Å². The fourth-order valence-electron chi connectivity index (χ4n) is 3.77. The van der Waals surface area contributed by atoms with Gasteiger partial charge in [-0.05, 0) is 56.2 Å². The van der Waals surface area contributed by atoms with Crippen LogP contribution in [0.5, 0.6) is 0 Å². The van der Waals surface area contributed by atoms with Gasteiger partial charge in [0.25, 0.3) is 11.8 Å². The van der Waals surface area contributed by atoms with E-state index in [9.17, 15) is 9.59 Å². The van der Waals surface area contributed by atoms with Crippen molar-refractivity contribution in [1.29, 1.82) is 0 Å². The van der Waals surface area contributed by atoms with Crippen LogP contribution in [0, 0.1) is 0 Å². The Morgan fingerprint density at radius 1 is 1.06 bits per heavy atom. The predicted molar refractivity (Wildman–Crippen MR) is 123 cm³/mol. The minimum Gasteiger partial charge on any atom is -0.351 e. The third-order valence-corrected chi connectivity index (χ3v) is 5.33. The van der Waals surface area contributed by atoms with Gasteiger partial charge in [-0.25, -0.2) is 4.68 Å². The Labute approximate surface area is 192 Å². The molecule has 1 aliphatic rings. The molecule has 3 aromatic rings. The Kier molecular flexibility index (Phi) is 7.11. The quantitative estimate of drug-likeness (QED) is 0.504. The van der Waals surface area contributed by atoms with Crippen LogP contribution in [-0.4, -0.2) is 52.9 Å². The standard InChI is InChI=1S/C24H27N5O4/c1-3-32-22(33-4-2)16-28-15-20(26-27-28)23(30)25-19-11-9-18(10-12-19)24(31)29-14-13-17-7-5-6-8-21(17)29/h5-12,15,22H,3-4,13-14,16H2,1-2H3,(H,25,30). The average Bonchev–Trinajstić information content (AvgIpc) is 3.47. The Balaban J connectivity index is 1.37. The van der Waals surface area contributed by atoms with E-state index in [2.05, 4.69) is 15.6 Å². The Bertz CT molecular complexity index is 1110. The molecule has 2 amide bonds. The minimum atomic E-state index is -0.453. The summed E-state index contributed by atoms with van der Waals surface area (Å²) in [6, 6.07) is 14.8. The first kappa shape index (κ1) is 22.6. The lowest BCUT2D eigenvalue weighted by Crippen LogP contribution is -2.28. The molecular weight excluding hydrogens is 422 g/mol. The monoisotopic (exact) mass is 449 g/mol. The zero-order chi connectivity index (χ0) is 23.2. The fourth-order valence-corrected chi connectivity index (χ4v) is 3.77. The van der Waals surface area contributed by atoms with Crippen molar-refractivity contribution in [1.82, 2.24) is 15.0 Å². The predicted octanol–water partition coefficient (Wildman–Crippen LogP) is 3.13. The number of hydrogen-bond donors (Lipinski definition) is 1. The van der Waals surface area contributed by atoms with E-state index in [1.54, 1.807) is 35.4 Å². The maximum absolute atomic E-state index is 12.9. The van der Waals surface area contributed by atoms with Gasteiger partial charge in [-0.15, -0.1) is 5.10 Å². The van der Waals surface area contributed by atoms with Crippen molar-refractivity contribution >= 4 is 23.2 Å². The molecule has 4 rings (SSSR count). The number of ether oxygens (including phenoxy) is 2. The molecule has 0 atom stereocenters. The SMILES string of the molecule is CCOC(Cn1cc(C(=O)Nc2ccc(C(=O)N3CCc4ccccc43)cc2)nn1)OCC. The molecule has 2 heterocycles. The van der Waals surface area contributed by atoms with Crippen molar-refractivity contribution < 1.29 is 19.1 Å². The number of nitrogens with one attached hydrogen (secondary N) is 1. The number of aromatic nitrogens is 3. The molecule has 1 N–H and O–H groups in total. The fraction of sp³-hybridized carbons (Fsp3) is 0.333. The van der Waals surface area contributed by atoms with Crippen LogP contribution in [0.25, 0.3) is 0 Å². The molecular formula is C24H27N5O4. The van der Waals surface area contributed by atoms with Crippen LogP contribution in [0.3, 0.4) is 0 Å². The number of benzene rings is 2. The number of carbonyl (C=O) groups excluding carboxylic acids is 2. The van der Waals surface area contributed by atoms with Crippen molar-refractivity contribution in [3.63, 3.8) is 0 Å². The van der Waals surface area contributed by atoms with E-state index in [4.69, 9.17) is 9.47 Å². The van der Waals surface area contributed by atoms with E-state index in [0.717, 1.165) is 12.1 Å². The largest absolute Gasteiger partial charge is 0.351 e. The van der Waals surface area contributed by atoms with Gasteiger partial charge in [-0.2, -0.15) is 0 Å². The van der Waals surface area contributed by atoms with Crippen LogP contribution in [0.1, 0.15) is 40.3 Å². The van der Waals surface area contributed by atoms with E-state index in [-0.39, 0.29) is 11.6 Å².